The normalized spacial score (nSPS) is 23.2. The van der Waals surface area contributed by atoms with Gasteiger partial charge in [0.05, 0.1) is 0 Å². The van der Waals surface area contributed by atoms with Gasteiger partial charge in [-0.3, -0.25) is 0 Å². The van der Waals surface area contributed by atoms with Crippen molar-refractivity contribution in [1.29, 1.82) is 0 Å². The van der Waals surface area contributed by atoms with Crippen molar-refractivity contribution in [3.05, 3.63) is 0 Å². The van der Waals surface area contributed by atoms with Crippen LogP contribution in [-0.2, 0) is 0 Å². The lowest BCUT2D eigenvalue weighted by Crippen LogP contribution is -2.19. The fourth-order valence-electron chi connectivity index (χ4n) is 1.54. The van der Waals surface area contributed by atoms with Gasteiger partial charge in [0.1, 0.15) is 0 Å². The van der Waals surface area contributed by atoms with Gasteiger partial charge in [0.25, 0.3) is 0 Å². The van der Waals surface area contributed by atoms with Crippen molar-refractivity contribution in [3.8, 4) is 0 Å². The molecule has 0 saturated heterocycles. The quantitative estimate of drug-likeness (QED) is 0.521. The largest absolute Gasteiger partial charge is 0.412 e. The van der Waals surface area contributed by atoms with Crippen molar-refractivity contribution in [1.82, 2.24) is 0 Å². The number of rotatable bonds is 0. The molecule has 0 amide bonds. The third-order valence-corrected chi connectivity index (χ3v) is 2.63. The molecule has 0 heterocycles. The van der Waals surface area contributed by atoms with E-state index < -0.39 is 0 Å². The third-order valence-electron chi connectivity index (χ3n) is 2.63. The smallest absolute Gasteiger partial charge is 0.0354 e. The molecule has 0 aromatic carbocycles. The van der Waals surface area contributed by atoms with Crippen LogP contribution in [0.25, 0.3) is 0 Å². The van der Waals surface area contributed by atoms with Gasteiger partial charge < -0.3 is 5.48 Å². The SMILES string of the molecule is C.CC1CCC(C)(C)CC1.O. The highest BCUT2D eigenvalue weighted by Gasteiger charge is 2.23. The van der Waals surface area contributed by atoms with E-state index in [0.29, 0.717) is 5.41 Å². The molecule has 0 spiro atoms. The van der Waals surface area contributed by atoms with E-state index in [1.807, 2.05) is 0 Å². The Balaban J connectivity index is 0. The third kappa shape index (κ3) is 4.41. The van der Waals surface area contributed by atoms with Crippen molar-refractivity contribution in [2.45, 2.75) is 53.9 Å². The fourth-order valence-corrected chi connectivity index (χ4v) is 1.54. The minimum absolute atomic E-state index is 0. The van der Waals surface area contributed by atoms with Crippen LogP contribution in [0.2, 0.25) is 0 Å². The zero-order chi connectivity index (χ0) is 6.91. The Morgan fingerprint density at radius 3 is 1.73 bits per heavy atom. The monoisotopic (exact) mass is 160 g/mol. The molecule has 0 aromatic rings. The minimum atomic E-state index is 0. The summed E-state index contributed by atoms with van der Waals surface area (Å²) in [6.07, 6.45) is 5.78. The standard InChI is InChI=1S/C9H18.CH4.H2O/c1-8-4-6-9(2,3)7-5-8;;/h8H,4-7H2,1-3H3;1H4;1H2. The summed E-state index contributed by atoms with van der Waals surface area (Å²) in [5.74, 6) is 0.998. The lowest BCUT2D eigenvalue weighted by atomic mass is 9.74. The first-order valence-corrected chi connectivity index (χ1v) is 4.10. The summed E-state index contributed by atoms with van der Waals surface area (Å²) in [7, 11) is 0. The maximum Gasteiger partial charge on any atom is -0.0354 e. The topological polar surface area (TPSA) is 31.5 Å². The van der Waals surface area contributed by atoms with E-state index in [1.54, 1.807) is 0 Å². The van der Waals surface area contributed by atoms with Crippen LogP contribution in [0.1, 0.15) is 53.9 Å². The first kappa shape index (κ1) is 13.5. The molecule has 1 aliphatic carbocycles. The Morgan fingerprint density at radius 1 is 1.09 bits per heavy atom. The molecular formula is C10H24O. The van der Waals surface area contributed by atoms with Crippen LogP contribution in [0.3, 0.4) is 0 Å². The summed E-state index contributed by atoms with van der Waals surface area (Å²) in [4.78, 5) is 0. The predicted molar refractivity (Wildman–Crippen MR) is 51.8 cm³/mol. The highest BCUT2D eigenvalue weighted by atomic mass is 16.0. The maximum absolute atomic E-state index is 2.39. The van der Waals surface area contributed by atoms with E-state index in [-0.39, 0.29) is 12.9 Å². The summed E-state index contributed by atoms with van der Waals surface area (Å²) in [6, 6.07) is 0. The van der Waals surface area contributed by atoms with Crippen LogP contribution in [0.15, 0.2) is 0 Å². The minimum Gasteiger partial charge on any atom is -0.412 e. The van der Waals surface area contributed by atoms with Gasteiger partial charge in [0.15, 0.2) is 0 Å². The van der Waals surface area contributed by atoms with E-state index in [1.165, 1.54) is 25.7 Å². The number of hydrogen-bond donors (Lipinski definition) is 0. The molecule has 70 valence electrons. The lowest BCUT2D eigenvalue weighted by Gasteiger charge is -2.32. The predicted octanol–water partition coefficient (Wildman–Crippen LogP) is 3.03. The van der Waals surface area contributed by atoms with Crippen molar-refractivity contribution >= 4 is 0 Å². The summed E-state index contributed by atoms with van der Waals surface area (Å²) in [5, 5.41) is 0. The van der Waals surface area contributed by atoms with Gasteiger partial charge in [-0.05, 0) is 24.2 Å². The van der Waals surface area contributed by atoms with Gasteiger partial charge in [-0.15, -0.1) is 0 Å². The molecule has 1 nitrogen and oxygen atoms in total. The fraction of sp³-hybridized carbons (Fsp3) is 1.00. The summed E-state index contributed by atoms with van der Waals surface area (Å²) in [6.45, 7) is 7.15. The number of hydrogen-bond acceptors (Lipinski definition) is 0. The first-order valence-electron chi connectivity index (χ1n) is 4.10. The Bertz CT molecular complexity index is 87.0. The molecule has 1 rings (SSSR count). The van der Waals surface area contributed by atoms with Crippen LogP contribution < -0.4 is 0 Å². The van der Waals surface area contributed by atoms with Gasteiger partial charge in [-0.1, -0.05) is 41.0 Å². The molecule has 1 heteroatoms. The second-order valence-electron chi connectivity index (χ2n) is 4.35. The van der Waals surface area contributed by atoms with E-state index in [2.05, 4.69) is 20.8 Å². The molecule has 0 radical (unpaired) electrons. The summed E-state index contributed by atoms with van der Waals surface area (Å²) < 4.78 is 0. The van der Waals surface area contributed by atoms with Crippen LogP contribution in [0.4, 0.5) is 0 Å². The van der Waals surface area contributed by atoms with Crippen molar-refractivity contribution < 1.29 is 5.48 Å². The Morgan fingerprint density at radius 2 is 1.45 bits per heavy atom. The van der Waals surface area contributed by atoms with Gasteiger partial charge in [-0.2, -0.15) is 0 Å². The van der Waals surface area contributed by atoms with Gasteiger partial charge >= 0.3 is 0 Å². The lowest BCUT2D eigenvalue weighted by molar-refractivity contribution is 0.201. The molecule has 11 heavy (non-hydrogen) atoms. The molecule has 1 fully saturated rings. The van der Waals surface area contributed by atoms with Crippen LogP contribution in [-0.4, -0.2) is 5.48 Å². The molecule has 0 atom stereocenters. The molecule has 1 saturated carbocycles. The molecule has 0 aromatic heterocycles. The zero-order valence-electron chi connectivity index (χ0n) is 7.41. The molecule has 2 N–H and O–H groups in total. The highest BCUT2D eigenvalue weighted by molar-refractivity contribution is 4.76. The molecule has 0 unspecified atom stereocenters. The Labute approximate surface area is 71.5 Å². The summed E-state index contributed by atoms with van der Waals surface area (Å²) in [5.41, 5.74) is 0.659. The summed E-state index contributed by atoms with van der Waals surface area (Å²) >= 11 is 0. The maximum atomic E-state index is 2.39. The van der Waals surface area contributed by atoms with E-state index in [0.717, 1.165) is 5.92 Å². The van der Waals surface area contributed by atoms with Crippen LogP contribution in [0.5, 0.6) is 0 Å². The van der Waals surface area contributed by atoms with Crippen molar-refractivity contribution in [3.63, 3.8) is 0 Å². The second-order valence-corrected chi connectivity index (χ2v) is 4.35. The van der Waals surface area contributed by atoms with Crippen molar-refractivity contribution in [2.24, 2.45) is 11.3 Å². The van der Waals surface area contributed by atoms with Gasteiger partial charge in [-0.25, -0.2) is 0 Å². The Hall–Kier alpha value is -0.0400. The second kappa shape index (κ2) is 4.76. The average molecular weight is 160 g/mol. The Kier molecular flexibility index (Phi) is 5.86. The van der Waals surface area contributed by atoms with Crippen molar-refractivity contribution in [2.75, 3.05) is 0 Å². The first-order chi connectivity index (χ1) is 4.10. The highest BCUT2D eigenvalue weighted by Crippen LogP contribution is 2.37. The molecule has 1 aliphatic rings. The molecular weight excluding hydrogens is 136 g/mol. The zero-order valence-corrected chi connectivity index (χ0v) is 7.41. The average Bonchev–Trinajstić information content (AvgIpc) is 1.78. The van der Waals surface area contributed by atoms with Crippen LogP contribution >= 0.6 is 0 Å². The van der Waals surface area contributed by atoms with Crippen LogP contribution in [0, 0.1) is 11.3 Å². The van der Waals surface area contributed by atoms with E-state index >= 15 is 0 Å². The van der Waals surface area contributed by atoms with E-state index in [4.69, 9.17) is 0 Å². The van der Waals surface area contributed by atoms with E-state index in [9.17, 15) is 0 Å². The molecule has 0 aliphatic heterocycles. The van der Waals surface area contributed by atoms with Gasteiger partial charge in [0, 0.05) is 0 Å². The molecule has 0 bridgehead atoms. The van der Waals surface area contributed by atoms with Gasteiger partial charge in [0.2, 0.25) is 0 Å².